The summed E-state index contributed by atoms with van der Waals surface area (Å²) in [7, 11) is 0. The Morgan fingerprint density at radius 3 is 2.65 bits per heavy atom. The molecule has 0 amide bonds. The van der Waals surface area contributed by atoms with Crippen LogP contribution in [-0.2, 0) is 13.1 Å². The zero-order valence-corrected chi connectivity index (χ0v) is 16.8. The molecule has 156 valence electrons. The molecule has 3 aromatic rings. The Hall–Kier alpha value is -3.51. The predicted octanol–water partition coefficient (Wildman–Crippen LogP) is 5.24. The Kier molecular flexibility index (Phi) is 4.79. The minimum absolute atomic E-state index is 0.0901. The topological polar surface area (TPSA) is 38.8 Å². The molecule has 0 saturated heterocycles. The summed E-state index contributed by atoms with van der Waals surface area (Å²) in [4.78, 5) is 15.1. The number of halogens is 2. The van der Waals surface area contributed by atoms with Gasteiger partial charge in [0.05, 0.1) is 11.1 Å². The molecule has 0 atom stereocenters. The first-order chi connectivity index (χ1) is 15.0. The number of rotatable bonds is 3. The Labute approximate surface area is 178 Å². The Balaban J connectivity index is 1.47. The number of hydrogen-bond acceptors (Lipinski definition) is 4. The number of aryl methyl sites for hydroxylation is 1. The van der Waals surface area contributed by atoms with Crippen molar-refractivity contribution in [3.63, 3.8) is 0 Å². The number of carbonyl (C=O) groups is 1. The van der Waals surface area contributed by atoms with Crippen LogP contribution in [0.2, 0.25) is 0 Å². The second-order valence-electron chi connectivity index (χ2n) is 7.72. The van der Waals surface area contributed by atoms with Crippen LogP contribution in [0.5, 0.6) is 11.5 Å². The van der Waals surface area contributed by atoms with E-state index in [1.54, 1.807) is 30.3 Å². The van der Waals surface area contributed by atoms with Crippen molar-refractivity contribution in [2.24, 2.45) is 0 Å². The fourth-order valence-electron chi connectivity index (χ4n) is 3.96. The van der Waals surface area contributed by atoms with E-state index in [9.17, 15) is 13.6 Å². The van der Waals surface area contributed by atoms with Gasteiger partial charge >= 0.3 is 0 Å². The van der Waals surface area contributed by atoms with Crippen molar-refractivity contribution in [2.45, 2.75) is 20.0 Å². The summed E-state index contributed by atoms with van der Waals surface area (Å²) in [6, 6.07) is 14.4. The first-order valence-electron chi connectivity index (χ1n) is 9.94. The molecular weight excluding hydrogens is 400 g/mol. The Morgan fingerprint density at radius 2 is 1.87 bits per heavy atom. The number of Topliss-reactive ketones (excluding diaryl/α,β-unsaturated/α-hetero) is 1. The summed E-state index contributed by atoms with van der Waals surface area (Å²) < 4.78 is 39.1. The van der Waals surface area contributed by atoms with Gasteiger partial charge in [-0.2, -0.15) is 0 Å². The van der Waals surface area contributed by atoms with Gasteiger partial charge in [0, 0.05) is 18.7 Å². The third-order valence-corrected chi connectivity index (χ3v) is 5.50. The van der Waals surface area contributed by atoms with Gasteiger partial charge in [-0.05, 0) is 48.4 Å². The number of carbonyl (C=O) groups excluding carboxylic acids is 1. The average molecular weight is 419 g/mol. The molecule has 0 N–H and O–H groups in total. The lowest BCUT2D eigenvalue weighted by Gasteiger charge is -2.30. The lowest BCUT2D eigenvalue weighted by molar-refractivity contribution is 0.0872. The van der Waals surface area contributed by atoms with E-state index in [2.05, 4.69) is 0 Å². The summed E-state index contributed by atoms with van der Waals surface area (Å²) in [5.74, 6) is 0.257. The van der Waals surface area contributed by atoms with Crippen LogP contribution in [0.25, 0.3) is 6.08 Å². The molecule has 0 fully saturated rings. The molecule has 2 aliphatic heterocycles. The molecule has 4 nitrogen and oxygen atoms in total. The molecule has 31 heavy (non-hydrogen) atoms. The number of nitrogens with zero attached hydrogens (tertiary/aromatic N) is 1. The SMILES string of the molecule is Cc1cc2c(c3c1C(=O)/C(=C/c1ccccc1F)O3)CN(Cc1ccc(F)cc1)CO2. The first-order valence-corrected chi connectivity index (χ1v) is 9.94. The predicted molar refractivity (Wildman–Crippen MR) is 112 cm³/mol. The monoisotopic (exact) mass is 419 g/mol. The zero-order chi connectivity index (χ0) is 21.5. The minimum Gasteiger partial charge on any atom is -0.478 e. The van der Waals surface area contributed by atoms with Gasteiger partial charge in [-0.3, -0.25) is 9.69 Å². The molecule has 2 aliphatic rings. The van der Waals surface area contributed by atoms with Gasteiger partial charge in [-0.25, -0.2) is 8.78 Å². The molecule has 0 spiro atoms. The summed E-state index contributed by atoms with van der Waals surface area (Å²) in [5.41, 5.74) is 3.25. The number of ether oxygens (including phenoxy) is 2. The second kappa shape index (κ2) is 7.63. The highest BCUT2D eigenvalue weighted by Gasteiger charge is 2.35. The fraction of sp³-hybridized carbons (Fsp3) is 0.160. The smallest absolute Gasteiger partial charge is 0.232 e. The van der Waals surface area contributed by atoms with Gasteiger partial charge in [-0.1, -0.05) is 30.3 Å². The number of ketones is 1. The van der Waals surface area contributed by atoms with E-state index in [1.807, 2.05) is 17.9 Å². The highest BCUT2D eigenvalue weighted by molar-refractivity contribution is 6.15. The molecule has 3 aromatic carbocycles. The number of fused-ring (bicyclic) bond motifs is 3. The normalized spacial score (nSPS) is 16.6. The largest absolute Gasteiger partial charge is 0.478 e. The van der Waals surface area contributed by atoms with E-state index in [1.165, 1.54) is 24.3 Å². The van der Waals surface area contributed by atoms with Gasteiger partial charge in [0.1, 0.15) is 29.9 Å². The number of allylic oxidation sites excluding steroid dienone is 1. The highest BCUT2D eigenvalue weighted by atomic mass is 19.1. The van der Waals surface area contributed by atoms with Crippen molar-refractivity contribution < 1.29 is 23.0 Å². The molecule has 0 saturated carbocycles. The van der Waals surface area contributed by atoms with E-state index >= 15 is 0 Å². The van der Waals surface area contributed by atoms with Gasteiger partial charge < -0.3 is 9.47 Å². The zero-order valence-electron chi connectivity index (χ0n) is 16.8. The molecule has 0 aliphatic carbocycles. The molecular formula is C25H19F2NO3. The quantitative estimate of drug-likeness (QED) is 0.544. The van der Waals surface area contributed by atoms with Gasteiger partial charge in [0.2, 0.25) is 5.78 Å². The Morgan fingerprint density at radius 1 is 1.10 bits per heavy atom. The molecule has 0 radical (unpaired) electrons. The Bertz CT molecular complexity index is 1220. The van der Waals surface area contributed by atoms with E-state index in [0.29, 0.717) is 42.4 Å². The van der Waals surface area contributed by atoms with Crippen molar-refractivity contribution in [1.29, 1.82) is 0 Å². The van der Waals surface area contributed by atoms with Crippen LogP contribution in [0.15, 0.2) is 60.4 Å². The molecule has 0 unspecified atom stereocenters. The van der Waals surface area contributed by atoms with Crippen LogP contribution in [0.4, 0.5) is 8.78 Å². The molecule has 0 bridgehead atoms. The summed E-state index contributed by atoms with van der Waals surface area (Å²) >= 11 is 0. The molecule has 6 heteroatoms. The summed E-state index contributed by atoms with van der Waals surface area (Å²) in [6.45, 7) is 3.28. The van der Waals surface area contributed by atoms with Crippen molar-refractivity contribution in [3.8, 4) is 11.5 Å². The van der Waals surface area contributed by atoms with E-state index < -0.39 is 5.82 Å². The third-order valence-electron chi connectivity index (χ3n) is 5.50. The van der Waals surface area contributed by atoms with Crippen LogP contribution in [0, 0.1) is 18.6 Å². The van der Waals surface area contributed by atoms with Crippen LogP contribution >= 0.6 is 0 Å². The second-order valence-corrected chi connectivity index (χ2v) is 7.72. The van der Waals surface area contributed by atoms with Gasteiger partial charge in [0.25, 0.3) is 0 Å². The maximum atomic E-state index is 14.1. The molecule has 0 aromatic heterocycles. The maximum Gasteiger partial charge on any atom is 0.232 e. The van der Waals surface area contributed by atoms with Crippen molar-refractivity contribution in [1.82, 2.24) is 4.90 Å². The lowest BCUT2D eigenvalue weighted by atomic mass is 9.98. The number of benzene rings is 3. The summed E-state index contributed by atoms with van der Waals surface area (Å²) in [5, 5.41) is 0. The van der Waals surface area contributed by atoms with Crippen molar-refractivity contribution >= 4 is 11.9 Å². The third kappa shape index (κ3) is 3.59. The summed E-state index contributed by atoms with van der Waals surface area (Å²) in [6.07, 6.45) is 1.43. The highest BCUT2D eigenvalue weighted by Crippen LogP contribution is 2.44. The first kappa shape index (κ1) is 19.5. The van der Waals surface area contributed by atoms with E-state index in [4.69, 9.17) is 9.47 Å². The average Bonchev–Trinajstić information content (AvgIpc) is 3.09. The van der Waals surface area contributed by atoms with Crippen molar-refractivity contribution in [3.05, 3.63) is 99.8 Å². The number of hydrogen-bond donors (Lipinski definition) is 0. The van der Waals surface area contributed by atoms with Crippen molar-refractivity contribution in [2.75, 3.05) is 6.73 Å². The molecule has 2 heterocycles. The fourth-order valence-corrected chi connectivity index (χ4v) is 3.96. The van der Waals surface area contributed by atoms with Gasteiger partial charge in [0.15, 0.2) is 5.76 Å². The van der Waals surface area contributed by atoms with E-state index in [0.717, 1.165) is 16.7 Å². The van der Waals surface area contributed by atoms with E-state index in [-0.39, 0.29) is 17.4 Å². The van der Waals surface area contributed by atoms with Crippen LogP contribution in [-0.4, -0.2) is 17.4 Å². The van der Waals surface area contributed by atoms with Crippen LogP contribution < -0.4 is 9.47 Å². The van der Waals surface area contributed by atoms with Gasteiger partial charge in [-0.15, -0.1) is 0 Å². The maximum absolute atomic E-state index is 14.1. The lowest BCUT2D eigenvalue weighted by Crippen LogP contribution is -2.31. The van der Waals surface area contributed by atoms with Crippen LogP contribution in [0.1, 0.15) is 32.6 Å². The minimum atomic E-state index is -0.421. The standard InChI is InChI=1S/C25H19F2NO3/c1-15-10-21-19(13-28(14-30-21)12-16-6-8-18(26)9-7-16)25-23(15)24(29)22(31-25)11-17-4-2-3-5-20(17)27/h2-11H,12-14H2,1H3/b22-11-. The van der Waals surface area contributed by atoms with Crippen LogP contribution in [0.3, 0.4) is 0 Å². The molecule has 5 rings (SSSR count).